The zero-order valence-corrected chi connectivity index (χ0v) is 26.3. The summed E-state index contributed by atoms with van der Waals surface area (Å²) in [5.74, 6) is 0. The van der Waals surface area contributed by atoms with Crippen molar-refractivity contribution in [1.82, 2.24) is 0 Å². The Morgan fingerprint density at radius 3 is 1.87 bits per heavy atom. The second-order valence-corrected chi connectivity index (χ2v) is 10.7. The number of nitrogens with zero attached hydrogens (tertiary/aromatic N) is 2. The second-order valence-electron chi connectivity index (χ2n) is 10.7. The van der Waals surface area contributed by atoms with E-state index in [4.69, 9.17) is 9.98 Å². The molecule has 2 aromatic rings. The number of para-hydroxylation sites is 1. The van der Waals surface area contributed by atoms with Crippen molar-refractivity contribution in [3.63, 3.8) is 0 Å². The van der Waals surface area contributed by atoms with Crippen LogP contribution in [-0.2, 0) is 35.8 Å². The maximum atomic E-state index is 5.39. The fraction of sp³-hybridized carbons (Fsp3) is 0.556. The first-order valence-corrected chi connectivity index (χ1v) is 15.6. The average Bonchev–Trinajstić information content (AvgIpc) is 2.93. The molecule has 0 N–H and O–H groups in total. The van der Waals surface area contributed by atoms with Gasteiger partial charge in [-0.2, -0.15) is 0 Å². The molecule has 0 heterocycles. The summed E-state index contributed by atoms with van der Waals surface area (Å²) < 4.78 is 0. The normalized spacial score (nSPS) is 11.9. The SMILES string of the molecule is C=CCCCc1ccccc1N=C(CCCCC)C(CCCC)=Nc1cc(CCCC)cc(CCCC)c1.[Ni]. The van der Waals surface area contributed by atoms with Gasteiger partial charge in [0.25, 0.3) is 0 Å². The predicted molar refractivity (Wildman–Crippen MR) is 171 cm³/mol. The zero-order chi connectivity index (χ0) is 27.4. The van der Waals surface area contributed by atoms with Gasteiger partial charge >= 0.3 is 0 Å². The Morgan fingerprint density at radius 2 is 1.26 bits per heavy atom. The van der Waals surface area contributed by atoms with Gasteiger partial charge in [-0.25, -0.2) is 0 Å². The second kappa shape index (κ2) is 21.8. The van der Waals surface area contributed by atoms with E-state index in [2.05, 4.69) is 76.7 Å². The Hall–Kier alpha value is -1.99. The van der Waals surface area contributed by atoms with Crippen LogP contribution in [0.1, 0.15) is 128 Å². The van der Waals surface area contributed by atoms with Crippen LogP contribution in [0.3, 0.4) is 0 Å². The van der Waals surface area contributed by atoms with Gasteiger partial charge in [0.05, 0.1) is 22.8 Å². The zero-order valence-electron chi connectivity index (χ0n) is 25.4. The molecular weight excluding hydrogens is 519 g/mol. The molecule has 2 aromatic carbocycles. The van der Waals surface area contributed by atoms with E-state index < -0.39 is 0 Å². The van der Waals surface area contributed by atoms with Crippen LogP contribution >= 0.6 is 0 Å². The van der Waals surface area contributed by atoms with Gasteiger partial charge in [-0.3, -0.25) is 9.98 Å². The summed E-state index contributed by atoms with van der Waals surface area (Å²) in [6.07, 6.45) is 20.3. The van der Waals surface area contributed by atoms with Gasteiger partial charge < -0.3 is 0 Å². The molecule has 2 rings (SSSR count). The molecule has 0 amide bonds. The number of aryl methyl sites for hydroxylation is 3. The van der Waals surface area contributed by atoms with Gasteiger partial charge in [0.2, 0.25) is 0 Å². The van der Waals surface area contributed by atoms with Crippen LogP contribution in [0.5, 0.6) is 0 Å². The average molecular weight is 574 g/mol. The molecule has 0 saturated carbocycles. The molecule has 2 nitrogen and oxygen atoms in total. The molecule has 0 fully saturated rings. The van der Waals surface area contributed by atoms with Crippen molar-refractivity contribution >= 4 is 22.8 Å². The van der Waals surface area contributed by atoms with Gasteiger partial charge in [-0.15, -0.1) is 6.58 Å². The first-order valence-electron chi connectivity index (χ1n) is 15.6. The van der Waals surface area contributed by atoms with Crippen LogP contribution in [0.4, 0.5) is 11.4 Å². The molecule has 0 aliphatic rings. The number of aliphatic imine (C=N–C) groups is 2. The van der Waals surface area contributed by atoms with E-state index >= 15 is 0 Å². The van der Waals surface area contributed by atoms with Crippen molar-refractivity contribution in [3.05, 3.63) is 71.8 Å². The summed E-state index contributed by atoms with van der Waals surface area (Å²) in [6.45, 7) is 13.0. The molecule has 3 heteroatoms. The Labute approximate surface area is 250 Å². The van der Waals surface area contributed by atoms with Crippen LogP contribution in [-0.4, -0.2) is 11.4 Å². The minimum Gasteiger partial charge on any atom is -0.252 e. The summed E-state index contributed by atoms with van der Waals surface area (Å²) in [6, 6.07) is 15.8. The van der Waals surface area contributed by atoms with Crippen molar-refractivity contribution in [2.75, 3.05) is 0 Å². The number of benzene rings is 2. The number of unbranched alkanes of at least 4 members (excludes halogenated alkanes) is 6. The van der Waals surface area contributed by atoms with Crippen LogP contribution in [0.2, 0.25) is 0 Å². The predicted octanol–water partition coefficient (Wildman–Crippen LogP) is 11.5. The summed E-state index contributed by atoms with van der Waals surface area (Å²) in [7, 11) is 0. The molecule has 0 aliphatic carbocycles. The van der Waals surface area contributed by atoms with Gasteiger partial charge in [0, 0.05) is 16.5 Å². The summed E-state index contributed by atoms with van der Waals surface area (Å²) >= 11 is 0. The molecule has 0 atom stereocenters. The first-order chi connectivity index (χ1) is 18.6. The third-order valence-electron chi connectivity index (χ3n) is 7.16. The van der Waals surface area contributed by atoms with Gasteiger partial charge in [0.1, 0.15) is 0 Å². The van der Waals surface area contributed by atoms with Crippen molar-refractivity contribution < 1.29 is 16.5 Å². The Morgan fingerprint density at radius 1 is 0.667 bits per heavy atom. The third kappa shape index (κ3) is 13.8. The number of hydrogen-bond acceptors (Lipinski definition) is 2. The third-order valence-corrected chi connectivity index (χ3v) is 7.16. The molecule has 0 spiro atoms. The topological polar surface area (TPSA) is 24.7 Å². The summed E-state index contributed by atoms with van der Waals surface area (Å²) in [4.78, 5) is 10.7. The van der Waals surface area contributed by atoms with Crippen molar-refractivity contribution in [2.24, 2.45) is 9.98 Å². The van der Waals surface area contributed by atoms with E-state index in [1.54, 1.807) is 0 Å². The summed E-state index contributed by atoms with van der Waals surface area (Å²) in [5, 5.41) is 0. The van der Waals surface area contributed by atoms with E-state index in [1.807, 2.05) is 6.08 Å². The number of hydrogen-bond donors (Lipinski definition) is 0. The number of rotatable bonds is 20. The standard InChI is InChI=1S/C36H54N2.Ni/c1-6-11-16-22-32-23-18-19-25-34(32)38-36(26-17-12-7-2)35(24-15-10-5)37-33-28-30(20-13-8-3)27-31(29-33)21-14-9-4;/h6,18-19,23,25,27-29H,1,7-17,20-22,24,26H2,2-5H3;. The van der Waals surface area contributed by atoms with E-state index in [0.29, 0.717) is 0 Å². The minimum atomic E-state index is 0. The van der Waals surface area contributed by atoms with Gasteiger partial charge in [-0.05, 0) is 106 Å². The monoisotopic (exact) mass is 572 g/mol. The van der Waals surface area contributed by atoms with E-state index in [0.717, 1.165) is 75.6 Å². The van der Waals surface area contributed by atoms with Crippen LogP contribution in [0.15, 0.2) is 65.1 Å². The maximum absolute atomic E-state index is 5.39. The summed E-state index contributed by atoms with van der Waals surface area (Å²) in [5.41, 5.74) is 8.83. The Kier molecular flexibility index (Phi) is 19.6. The van der Waals surface area contributed by atoms with Crippen molar-refractivity contribution in [2.45, 2.75) is 130 Å². The van der Waals surface area contributed by atoms with Crippen LogP contribution in [0, 0.1) is 0 Å². The molecule has 0 saturated heterocycles. The molecule has 0 radical (unpaired) electrons. The van der Waals surface area contributed by atoms with E-state index in [1.165, 1.54) is 66.6 Å². The fourth-order valence-corrected chi connectivity index (χ4v) is 4.84. The first kappa shape index (κ1) is 35.0. The van der Waals surface area contributed by atoms with Crippen molar-refractivity contribution in [3.8, 4) is 0 Å². The molecule has 0 bridgehead atoms. The smallest absolute Gasteiger partial charge is 0.0665 e. The quantitative estimate of drug-likeness (QED) is 0.0652. The number of allylic oxidation sites excluding steroid dienone is 1. The molecule has 218 valence electrons. The van der Waals surface area contributed by atoms with E-state index in [9.17, 15) is 0 Å². The van der Waals surface area contributed by atoms with Crippen LogP contribution in [0.25, 0.3) is 0 Å². The van der Waals surface area contributed by atoms with Crippen molar-refractivity contribution in [1.29, 1.82) is 0 Å². The molecular formula is C36H54N2Ni. The molecule has 0 aromatic heterocycles. The Bertz CT molecular complexity index is 979. The Balaban J connectivity index is 0.00000760. The fourth-order valence-electron chi connectivity index (χ4n) is 4.84. The minimum absolute atomic E-state index is 0. The largest absolute Gasteiger partial charge is 0.252 e. The molecule has 0 aliphatic heterocycles. The van der Waals surface area contributed by atoms with Gasteiger partial charge in [-0.1, -0.05) is 90.1 Å². The van der Waals surface area contributed by atoms with E-state index in [-0.39, 0.29) is 16.5 Å². The van der Waals surface area contributed by atoms with Crippen LogP contribution < -0.4 is 0 Å². The van der Waals surface area contributed by atoms with Gasteiger partial charge in [0.15, 0.2) is 0 Å². The molecule has 0 unspecified atom stereocenters. The molecule has 39 heavy (non-hydrogen) atoms. The maximum Gasteiger partial charge on any atom is 0.0665 e.